The number of phenolic OH excluding ortho intramolecular Hbond substituents is 1. The lowest BCUT2D eigenvalue weighted by Crippen LogP contribution is -2.35. The van der Waals surface area contributed by atoms with Crippen molar-refractivity contribution in [1.29, 1.82) is 0 Å². The molecule has 0 radical (unpaired) electrons. The maximum atomic E-state index is 9.87. The van der Waals surface area contributed by atoms with Gasteiger partial charge < -0.3 is 14.6 Å². The van der Waals surface area contributed by atoms with Gasteiger partial charge in [0.1, 0.15) is 5.75 Å². The van der Waals surface area contributed by atoms with Crippen molar-refractivity contribution in [2.24, 2.45) is 5.92 Å². The Morgan fingerprint density at radius 2 is 2.06 bits per heavy atom. The van der Waals surface area contributed by atoms with Gasteiger partial charge in [-0.25, -0.2) is 0 Å². The molecule has 100 valence electrons. The lowest BCUT2D eigenvalue weighted by atomic mass is 9.96. The van der Waals surface area contributed by atoms with E-state index in [2.05, 4.69) is 20.8 Å². The second kappa shape index (κ2) is 5.72. The van der Waals surface area contributed by atoms with E-state index in [-0.39, 0.29) is 18.0 Å². The van der Waals surface area contributed by atoms with Crippen molar-refractivity contribution in [2.45, 2.75) is 52.1 Å². The fraction of sp³-hybridized carbons (Fsp3) is 0.600. The molecular weight excluding hydrogens is 228 g/mol. The molecule has 4 unspecified atom stereocenters. The first-order valence-corrected chi connectivity index (χ1v) is 6.70. The molecule has 1 saturated heterocycles. The van der Waals surface area contributed by atoms with Gasteiger partial charge in [0.25, 0.3) is 0 Å². The van der Waals surface area contributed by atoms with Crippen LogP contribution in [-0.4, -0.2) is 17.3 Å². The molecule has 0 aliphatic carbocycles. The highest BCUT2D eigenvalue weighted by Crippen LogP contribution is 2.36. The maximum absolute atomic E-state index is 9.87. The normalized spacial score (nSPS) is 30.1. The monoisotopic (exact) mass is 250 g/mol. The topological polar surface area (TPSA) is 38.7 Å². The van der Waals surface area contributed by atoms with Crippen LogP contribution < -0.4 is 0 Å². The number of para-hydroxylation sites is 1. The maximum Gasteiger partial charge on any atom is 0.188 e. The minimum absolute atomic E-state index is 0.155. The number of phenols is 1. The number of rotatable bonds is 3. The zero-order valence-electron chi connectivity index (χ0n) is 11.3. The molecule has 1 aliphatic rings. The number of benzene rings is 1. The molecule has 1 N–H and O–H groups in total. The van der Waals surface area contributed by atoms with Crippen LogP contribution in [0.25, 0.3) is 0 Å². The minimum atomic E-state index is -0.450. The lowest BCUT2D eigenvalue weighted by Gasteiger charge is -2.37. The summed E-state index contributed by atoms with van der Waals surface area (Å²) in [7, 11) is 0. The molecule has 1 aromatic rings. The van der Waals surface area contributed by atoms with Crippen molar-refractivity contribution in [1.82, 2.24) is 0 Å². The summed E-state index contributed by atoms with van der Waals surface area (Å²) in [6.07, 6.45) is 1.91. The van der Waals surface area contributed by atoms with E-state index in [0.29, 0.717) is 5.92 Å². The molecule has 0 saturated carbocycles. The molecule has 3 nitrogen and oxygen atoms in total. The van der Waals surface area contributed by atoms with E-state index in [1.807, 2.05) is 12.1 Å². The number of hydrogen-bond acceptors (Lipinski definition) is 3. The van der Waals surface area contributed by atoms with Crippen molar-refractivity contribution in [3.05, 3.63) is 29.8 Å². The summed E-state index contributed by atoms with van der Waals surface area (Å²) in [6.45, 7) is 6.43. The van der Waals surface area contributed by atoms with Crippen molar-refractivity contribution in [3.63, 3.8) is 0 Å². The SMILES string of the molecule is CCC(C)C1CC(C)OC(c2ccccc2O)O1. The van der Waals surface area contributed by atoms with Gasteiger partial charge in [0.05, 0.1) is 12.2 Å². The Morgan fingerprint density at radius 3 is 2.72 bits per heavy atom. The van der Waals surface area contributed by atoms with Gasteiger partial charge in [-0.05, 0) is 18.9 Å². The Labute approximate surface area is 109 Å². The standard InChI is InChI=1S/C15H22O3/c1-4-10(2)14-9-11(3)17-15(18-14)12-7-5-6-8-13(12)16/h5-8,10-11,14-16H,4,9H2,1-3H3. The van der Waals surface area contributed by atoms with Crippen LogP contribution >= 0.6 is 0 Å². The molecule has 4 atom stereocenters. The summed E-state index contributed by atoms with van der Waals surface area (Å²) in [5.74, 6) is 0.740. The number of hydrogen-bond donors (Lipinski definition) is 1. The third-order valence-corrected chi connectivity index (χ3v) is 3.69. The Balaban J connectivity index is 2.16. The van der Waals surface area contributed by atoms with Crippen LogP contribution in [0.1, 0.15) is 45.5 Å². The highest BCUT2D eigenvalue weighted by molar-refractivity contribution is 5.32. The summed E-state index contributed by atoms with van der Waals surface area (Å²) in [6, 6.07) is 7.21. The van der Waals surface area contributed by atoms with E-state index in [0.717, 1.165) is 18.4 Å². The van der Waals surface area contributed by atoms with Gasteiger partial charge in [-0.1, -0.05) is 38.5 Å². The van der Waals surface area contributed by atoms with Gasteiger partial charge in [0.2, 0.25) is 0 Å². The summed E-state index contributed by atoms with van der Waals surface area (Å²) < 4.78 is 11.8. The smallest absolute Gasteiger partial charge is 0.188 e. The van der Waals surface area contributed by atoms with E-state index in [1.54, 1.807) is 12.1 Å². The van der Waals surface area contributed by atoms with Gasteiger partial charge in [-0.2, -0.15) is 0 Å². The highest BCUT2D eigenvalue weighted by Gasteiger charge is 2.32. The van der Waals surface area contributed by atoms with Crippen LogP contribution in [0.2, 0.25) is 0 Å². The molecule has 2 rings (SSSR count). The van der Waals surface area contributed by atoms with Crippen molar-refractivity contribution in [3.8, 4) is 5.75 Å². The van der Waals surface area contributed by atoms with Crippen LogP contribution in [0.15, 0.2) is 24.3 Å². The second-order valence-corrected chi connectivity index (χ2v) is 5.13. The van der Waals surface area contributed by atoms with Gasteiger partial charge in [0, 0.05) is 12.0 Å². The largest absolute Gasteiger partial charge is 0.507 e. The molecule has 1 fully saturated rings. The highest BCUT2D eigenvalue weighted by atomic mass is 16.7. The first-order chi connectivity index (χ1) is 8.61. The lowest BCUT2D eigenvalue weighted by molar-refractivity contribution is -0.253. The molecule has 0 bridgehead atoms. The molecule has 0 spiro atoms. The Morgan fingerprint density at radius 1 is 1.33 bits per heavy atom. The van der Waals surface area contributed by atoms with E-state index >= 15 is 0 Å². The molecule has 1 aromatic carbocycles. The summed E-state index contributed by atoms with van der Waals surface area (Å²) in [5, 5.41) is 9.87. The van der Waals surface area contributed by atoms with E-state index in [1.165, 1.54) is 0 Å². The van der Waals surface area contributed by atoms with Crippen LogP contribution in [0.3, 0.4) is 0 Å². The summed E-state index contributed by atoms with van der Waals surface area (Å²) in [5.41, 5.74) is 0.720. The summed E-state index contributed by atoms with van der Waals surface area (Å²) in [4.78, 5) is 0. The van der Waals surface area contributed by atoms with E-state index in [4.69, 9.17) is 9.47 Å². The van der Waals surface area contributed by atoms with Crippen molar-refractivity contribution in [2.75, 3.05) is 0 Å². The van der Waals surface area contributed by atoms with Crippen LogP contribution in [0.5, 0.6) is 5.75 Å². The first-order valence-electron chi connectivity index (χ1n) is 6.70. The zero-order valence-corrected chi connectivity index (χ0v) is 11.3. The second-order valence-electron chi connectivity index (χ2n) is 5.13. The third kappa shape index (κ3) is 2.85. The average molecular weight is 250 g/mol. The Bertz CT molecular complexity index is 391. The van der Waals surface area contributed by atoms with Crippen LogP contribution in [0.4, 0.5) is 0 Å². The molecule has 1 heterocycles. The van der Waals surface area contributed by atoms with Crippen molar-refractivity contribution >= 4 is 0 Å². The van der Waals surface area contributed by atoms with Gasteiger partial charge in [-0.15, -0.1) is 0 Å². The van der Waals surface area contributed by atoms with Gasteiger partial charge >= 0.3 is 0 Å². The van der Waals surface area contributed by atoms with Gasteiger partial charge in [-0.3, -0.25) is 0 Å². The molecule has 18 heavy (non-hydrogen) atoms. The molecule has 0 amide bonds. The fourth-order valence-electron chi connectivity index (χ4n) is 2.30. The molecular formula is C15H22O3. The van der Waals surface area contributed by atoms with Crippen molar-refractivity contribution < 1.29 is 14.6 Å². The quantitative estimate of drug-likeness (QED) is 0.890. The van der Waals surface area contributed by atoms with Crippen LogP contribution in [-0.2, 0) is 9.47 Å². The predicted molar refractivity (Wildman–Crippen MR) is 70.3 cm³/mol. The van der Waals surface area contributed by atoms with Gasteiger partial charge in [0.15, 0.2) is 6.29 Å². The Hall–Kier alpha value is -1.06. The molecule has 1 aliphatic heterocycles. The predicted octanol–water partition coefficient (Wildman–Crippen LogP) is 3.63. The summed E-state index contributed by atoms with van der Waals surface area (Å²) >= 11 is 0. The average Bonchev–Trinajstić information content (AvgIpc) is 2.37. The third-order valence-electron chi connectivity index (χ3n) is 3.69. The zero-order chi connectivity index (χ0) is 13.1. The van der Waals surface area contributed by atoms with E-state index < -0.39 is 6.29 Å². The molecule has 3 heteroatoms. The minimum Gasteiger partial charge on any atom is -0.507 e. The van der Waals surface area contributed by atoms with E-state index in [9.17, 15) is 5.11 Å². The number of ether oxygens (including phenoxy) is 2. The number of aromatic hydroxyl groups is 1. The van der Waals surface area contributed by atoms with Crippen LogP contribution in [0, 0.1) is 5.92 Å². The fourth-order valence-corrected chi connectivity index (χ4v) is 2.30. The Kier molecular flexibility index (Phi) is 4.25. The molecule has 0 aromatic heterocycles. The first kappa shape index (κ1) is 13.4.